The fourth-order valence-corrected chi connectivity index (χ4v) is 13.4. The summed E-state index contributed by atoms with van der Waals surface area (Å²) < 4.78 is 30.0. The van der Waals surface area contributed by atoms with E-state index in [4.69, 9.17) is 0 Å². The van der Waals surface area contributed by atoms with Gasteiger partial charge in [-0.05, 0) is 0 Å². The summed E-state index contributed by atoms with van der Waals surface area (Å²) in [6.07, 6.45) is 13.1. The molecule has 4 aromatic rings. The maximum absolute atomic E-state index is 14.7. The van der Waals surface area contributed by atoms with Crippen molar-refractivity contribution in [2.24, 2.45) is 0 Å². The van der Waals surface area contributed by atoms with Gasteiger partial charge in [-0.3, -0.25) is 0 Å². The molecule has 0 radical (unpaired) electrons. The topological polar surface area (TPSA) is 34.1 Å². The summed E-state index contributed by atoms with van der Waals surface area (Å²) in [5.74, 6) is 0. The van der Waals surface area contributed by atoms with Gasteiger partial charge in [-0.1, -0.05) is 0 Å². The van der Waals surface area contributed by atoms with Crippen molar-refractivity contribution in [1.29, 1.82) is 0 Å². The predicted molar refractivity (Wildman–Crippen MR) is 182 cm³/mol. The van der Waals surface area contributed by atoms with Gasteiger partial charge in [-0.25, -0.2) is 0 Å². The molecule has 2 nitrogen and oxygen atoms in total. The van der Waals surface area contributed by atoms with Crippen molar-refractivity contribution in [3.63, 3.8) is 0 Å². The van der Waals surface area contributed by atoms with Crippen molar-refractivity contribution < 1.29 is 28.3 Å². The third-order valence-electron chi connectivity index (χ3n) is 7.24. The van der Waals surface area contributed by atoms with Crippen molar-refractivity contribution in [2.45, 2.75) is 8.45 Å². The zero-order valence-electron chi connectivity index (χ0n) is 22.2. The van der Waals surface area contributed by atoms with E-state index in [1.165, 1.54) is 0 Å². The number of rotatable bonds is 8. The molecule has 0 heterocycles. The van der Waals surface area contributed by atoms with E-state index >= 15 is 0 Å². The van der Waals surface area contributed by atoms with Crippen LogP contribution in [0.5, 0.6) is 0 Å². The van der Waals surface area contributed by atoms with Crippen molar-refractivity contribution >= 4 is 69.5 Å². The molecule has 7 heteroatoms. The number of allylic oxidation sites excluding steroid dienone is 8. The molecule has 2 atom stereocenters. The minimum absolute atomic E-state index is 0. The summed E-state index contributed by atoms with van der Waals surface area (Å²) in [6, 6.07) is 39.4. The quantitative estimate of drug-likeness (QED) is 0.134. The van der Waals surface area contributed by atoms with Gasteiger partial charge >= 0.3 is 241 Å². The second kappa shape index (κ2) is 14.0. The van der Waals surface area contributed by atoms with Gasteiger partial charge in [0.05, 0.1) is 0 Å². The van der Waals surface area contributed by atoms with Crippen LogP contribution in [-0.2, 0) is 28.3 Å². The van der Waals surface area contributed by atoms with Gasteiger partial charge in [-0.2, -0.15) is 0 Å². The molecule has 4 aromatic carbocycles. The summed E-state index contributed by atoms with van der Waals surface area (Å²) in [4.78, 5) is 0. The number of hydrogen-bond acceptors (Lipinski definition) is 2. The van der Waals surface area contributed by atoms with Crippen LogP contribution >= 0.6 is 48.2 Å². The summed E-state index contributed by atoms with van der Waals surface area (Å²) in [5.41, 5.74) is 0. The molecular weight excluding hydrogens is 710 g/mol. The molecule has 0 spiro atoms. The number of benzene rings is 4. The third kappa shape index (κ3) is 6.35. The normalized spacial score (nSPS) is 17.7. The minimum atomic E-state index is -2.96. The Morgan fingerprint density at radius 2 is 0.707 bits per heavy atom. The molecule has 2 unspecified atom stereocenters. The predicted octanol–water partition coefficient (Wildman–Crippen LogP) is 8.74. The summed E-state index contributed by atoms with van der Waals surface area (Å²) in [6.45, 7) is 0. The van der Waals surface area contributed by atoms with Crippen LogP contribution in [-0.4, -0.2) is 0 Å². The third-order valence-corrected chi connectivity index (χ3v) is 15.7. The average Bonchev–Trinajstić information content (AvgIpc) is 3.69. The average molecular weight is 740 g/mol. The molecule has 0 aliphatic heterocycles. The SMILES string of the molecule is Br.Br.O=P(C1=C[CH]([Ti][CH]2C=CC(P(=O)(c3ccccc3)c3ccccc3)=C2)C=C1)(c1ccccc1)c1ccccc1. The Balaban J connectivity index is 0.00000194. The van der Waals surface area contributed by atoms with Crippen LogP contribution in [0.1, 0.15) is 0 Å². The van der Waals surface area contributed by atoms with Crippen LogP contribution in [0.15, 0.2) is 168 Å². The molecular formula is C34H30Br2O2P2Ti. The molecule has 2 aliphatic rings. The second-order valence-electron chi connectivity index (χ2n) is 9.68. The first-order valence-corrected chi connectivity index (χ1v) is 18.3. The molecule has 6 rings (SSSR count). The van der Waals surface area contributed by atoms with Gasteiger partial charge in [0.2, 0.25) is 0 Å². The standard InChI is InChI=1S/2C17H14OP.2BrH.Ti/c2*18-19(17-13-7-8-14-17,15-9-3-1-4-10-15)16-11-5-2-6-12-16;;;/h2*1-14H;2*1H;. The van der Waals surface area contributed by atoms with Gasteiger partial charge < -0.3 is 0 Å². The van der Waals surface area contributed by atoms with Gasteiger partial charge in [0.25, 0.3) is 0 Å². The number of hydrogen-bond donors (Lipinski definition) is 0. The molecule has 41 heavy (non-hydrogen) atoms. The molecule has 0 saturated heterocycles. The van der Waals surface area contributed by atoms with Gasteiger partial charge in [0, 0.05) is 0 Å². The first-order chi connectivity index (χ1) is 19.1. The summed E-state index contributed by atoms with van der Waals surface area (Å²) in [7, 11) is -5.91. The Bertz CT molecular complexity index is 1470. The molecule has 0 bridgehead atoms. The zero-order chi connectivity index (χ0) is 26.7. The van der Waals surface area contributed by atoms with E-state index in [-0.39, 0.29) is 42.4 Å². The zero-order valence-corrected chi connectivity index (χ0v) is 29.0. The van der Waals surface area contributed by atoms with Crippen molar-refractivity contribution in [3.8, 4) is 0 Å². The van der Waals surface area contributed by atoms with Crippen molar-refractivity contribution in [3.05, 3.63) is 168 Å². The van der Waals surface area contributed by atoms with E-state index in [2.05, 4.69) is 36.5 Å². The van der Waals surface area contributed by atoms with Gasteiger partial charge in [0.1, 0.15) is 0 Å². The molecule has 0 amide bonds. The fourth-order valence-electron chi connectivity index (χ4n) is 5.29. The Labute approximate surface area is 272 Å². The summed E-state index contributed by atoms with van der Waals surface area (Å²) >= 11 is -0.549. The van der Waals surface area contributed by atoms with Gasteiger partial charge in [0.15, 0.2) is 0 Å². The van der Waals surface area contributed by atoms with E-state index in [1.807, 2.05) is 121 Å². The van der Waals surface area contributed by atoms with Crippen LogP contribution in [0.2, 0.25) is 8.45 Å². The molecule has 0 N–H and O–H groups in total. The Morgan fingerprint density at radius 3 is 0.976 bits per heavy atom. The van der Waals surface area contributed by atoms with Crippen LogP contribution < -0.4 is 21.2 Å². The van der Waals surface area contributed by atoms with Crippen LogP contribution in [0.25, 0.3) is 0 Å². The van der Waals surface area contributed by atoms with E-state index < -0.39 is 33.4 Å². The Kier molecular flexibility index (Phi) is 10.9. The Morgan fingerprint density at radius 1 is 0.439 bits per heavy atom. The van der Waals surface area contributed by atoms with E-state index in [1.54, 1.807) is 0 Å². The van der Waals surface area contributed by atoms with Gasteiger partial charge in [-0.15, -0.1) is 34.0 Å². The van der Waals surface area contributed by atoms with Crippen LogP contribution in [0, 0.1) is 0 Å². The van der Waals surface area contributed by atoms with E-state index in [0.717, 1.165) is 31.8 Å². The first kappa shape index (κ1) is 31.9. The molecule has 0 saturated carbocycles. The Hall–Kier alpha value is -2.03. The summed E-state index contributed by atoms with van der Waals surface area (Å²) in [5, 5.41) is 5.28. The van der Waals surface area contributed by atoms with E-state index in [9.17, 15) is 9.13 Å². The van der Waals surface area contributed by atoms with Crippen LogP contribution in [0.3, 0.4) is 0 Å². The molecule has 0 aromatic heterocycles. The van der Waals surface area contributed by atoms with E-state index in [0.29, 0.717) is 0 Å². The second-order valence-corrected chi connectivity index (χ2v) is 17.8. The number of halogens is 2. The molecule has 2 aliphatic carbocycles. The maximum atomic E-state index is 14.7. The van der Waals surface area contributed by atoms with Crippen LogP contribution in [0.4, 0.5) is 0 Å². The monoisotopic (exact) mass is 738 g/mol. The molecule has 0 fully saturated rings. The molecule has 206 valence electrons. The van der Waals surface area contributed by atoms with Crippen molar-refractivity contribution in [1.82, 2.24) is 0 Å². The van der Waals surface area contributed by atoms with Crippen molar-refractivity contribution in [2.75, 3.05) is 0 Å². The first-order valence-electron chi connectivity index (χ1n) is 13.1. The fraction of sp³-hybridized carbons (Fsp3) is 0.0588.